The van der Waals surface area contributed by atoms with E-state index in [-0.39, 0.29) is 6.04 Å². The van der Waals surface area contributed by atoms with Gasteiger partial charge < -0.3 is 10.6 Å². The average molecular weight is 268 g/mol. The molecule has 2 N–H and O–H groups in total. The van der Waals surface area contributed by atoms with Crippen LogP contribution in [0.5, 0.6) is 0 Å². The summed E-state index contributed by atoms with van der Waals surface area (Å²) in [7, 11) is 4.09. The van der Waals surface area contributed by atoms with E-state index in [0.717, 1.165) is 18.4 Å². The molecule has 0 saturated heterocycles. The number of nitrogens with two attached hydrogens (primary N) is 1. The van der Waals surface area contributed by atoms with E-state index in [0.29, 0.717) is 0 Å². The third kappa shape index (κ3) is 3.40. The molecule has 106 valence electrons. The predicted octanol–water partition coefficient (Wildman–Crippen LogP) is 3.75. The van der Waals surface area contributed by atoms with Crippen LogP contribution in [0.4, 0.5) is 5.69 Å². The van der Waals surface area contributed by atoms with Crippen molar-refractivity contribution < 1.29 is 0 Å². The molecule has 2 nitrogen and oxygen atoms in total. The lowest BCUT2D eigenvalue weighted by Gasteiger charge is -2.16. The van der Waals surface area contributed by atoms with Gasteiger partial charge in [-0.05, 0) is 35.2 Å². The molecule has 0 heterocycles. The second-order valence-corrected chi connectivity index (χ2v) is 5.46. The molecule has 0 saturated carbocycles. The molecule has 0 aromatic heterocycles. The zero-order chi connectivity index (χ0) is 14.5. The summed E-state index contributed by atoms with van der Waals surface area (Å²) in [5.41, 5.74) is 11.3. The molecule has 2 aromatic carbocycles. The Kier molecular flexibility index (Phi) is 4.80. The number of hydrogen-bond donors (Lipinski definition) is 1. The third-order valence-corrected chi connectivity index (χ3v) is 3.62. The molecule has 0 aliphatic heterocycles. The van der Waals surface area contributed by atoms with E-state index in [9.17, 15) is 0 Å². The minimum atomic E-state index is -0.0528. The minimum Gasteiger partial charge on any atom is -0.378 e. The van der Waals surface area contributed by atoms with Crippen LogP contribution in [0.25, 0.3) is 0 Å². The lowest BCUT2D eigenvalue weighted by atomic mass is 9.96. The Labute approximate surface area is 122 Å². The summed E-state index contributed by atoms with van der Waals surface area (Å²) in [5, 5.41) is 0. The first-order chi connectivity index (χ1) is 9.61. The summed E-state index contributed by atoms with van der Waals surface area (Å²) in [6, 6.07) is 17.0. The largest absolute Gasteiger partial charge is 0.378 e. The van der Waals surface area contributed by atoms with Gasteiger partial charge in [0.2, 0.25) is 0 Å². The van der Waals surface area contributed by atoms with Crippen LogP contribution in [0.3, 0.4) is 0 Å². The molecule has 0 amide bonds. The van der Waals surface area contributed by atoms with Crippen molar-refractivity contribution in [3.63, 3.8) is 0 Å². The number of benzene rings is 2. The summed E-state index contributed by atoms with van der Waals surface area (Å²) in [6.45, 7) is 2.20. The second-order valence-electron chi connectivity index (χ2n) is 5.46. The fourth-order valence-corrected chi connectivity index (χ4v) is 2.40. The van der Waals surface area contributed by atoms with Crippen LogP contribution in [0, 0.1) is 0 Å². The van der Waals surface area contributed by atoms with Gasteiger partial charge in [-0.3, -0.25) is 0 Å². The quantitative estimate of drug-likeness (QED) is 0.894. The highest BCUT2D eigenvalue weighted by Gasteiger charge is 2.09. The molecular weight excluding hydrogens is 244 g/mol. The molecule has 0 bridgehead atoms. The summed E-state index contributed by atoms with van der Waals surface area (Å²) >= 11 is 0. The highest BCUT2D eigenvalue weighted by atomic mass is 15.1. The van der Waals surface area contributed by atoms with Crippen LogP contribution in [0.15, 0.2) is 48.5 Å². The van der Waals surface area contributed by atoms with Gasteiger partial charge in [-0.25, -0.2) is 0 Å². The Morgan fingerprint density at radius 1 is 1.00 bits per heavy atom. The molecule has 20 heavy (non-hydrogen) atoms. The van der Waals surface area contributed by atoms with Crippen molar-refractivity contribution in [1.29, 1.82) is 0 Å². The summed E-state index contributed by atoms with van der Waals surface area (Å²) in [5.74, 6) is 0. The minimum absolute atomic E-state index is 0.0528. The van der Waals surface area contributed by atoms with E-state index < -0.39 is 0 Å². The molecule has 0 fully saturated rings. The lowest BCUT2D eigenvalue weighted by molar-refractivity contribution is 0.858. The first-order valence-electron chi connectivity index (χ1n) is 7.23. The molecule has 2 aromatic rings. The maximum Gasteiger partial charge on any atom is 0.0551 e. The van der Waals surface area contributed by atoms with E-state index in [2.05, 4.69) is 60.4 Å². The molecule has 0 spiro atoms. The standard InChI is InChI=1S/C18H24N2/c1-4-6-14-7-5-8-16(13-14)18(19)15-9-11-17(12-10-15)20(2)3/h5,7-13,18H,4,6,19H2,1-3H3. The summed E-state index contributed by atoms with van der Waals surface area (Å²) in [6.07, 6.45) is 2.27. The highest BCUT2D eigenvalue weighted by Crippen LogP contribution is 2.23. The van der Waals surface area contributed by atoms with Gasteiger partial charge in [-0.1, -0.05) is 49.7 Å². The maximum absolute atomic E-state index is 6.39. The normalized spacial score (nSPS) is 12.2. The van der Waals surface area contributed by atoms with Gasteiger partial charge in [-0.2, -0.15) is 0 Å². The Balaban J connectivity index is 2.21. The van der Waals surface area contributed by atoms with Crippen LogP contribution in [-0.4, -0.2) is 14.1 Å². The Morgan fingerprint density at radius 3 is 2.30 bits per heavy atom. The van der Waals surface area contributed by atoms with Crippen molar-refractivity contribution in [3.8, 4) is 0 Å². The molecule has 2 heteroatoms. The molecule has 1 atom stereocenters. The van der Waals surface area contributed by atoms with Crippen LogP contribution >= 0.6 is 0 Å². The first-order valence-corrected chi connectivity index (χ1v) is 7.23. The van der Waals surface area contributed by atoms with E-state index in [1.807, 2.05) is 14.1 Å². The summed E-state index contributed by atoms with van der Waals surface area (Å²) < 4.78 is 0. The molecule has 1 unspecified atom stereocenters. The fraction of sp³-hybridized carbons (Fsp3) is 0.333. The van der Waals surface area contributed by atoms with Crippen molar-refractivity contribution in [2.45, 2.75) is 25.8 Å². The zero-order valence-corrected chi connectivity index (χ0v) is 12.6. The monoisotopic (exact) mass is 268 g/mol. The second kappa shape index (κ2) is 6.58. The van der Waals surface area contributed by atoms with Crippen molar-refractivity contribution in [3.05, 3.63) is 65.2 Å². The van der Waals surface area contributed by atoms with Crippen molar-refractivity contribution >= 4 is 5.69 Å². The smallest absolute Gasteiger partial charge is 0.0551 e. The predicted molar refractivity (Wildman–Crippen MR) is 87.2 cm³/mol. The van der Waals surface area contributed by atoms with Crippen LogP contribution in [0.1, 0.15) is 36.1 Å². The van der Waals surface area contributed by atoms with Crippen molar-refractivity contribution in [1.82, 2.24) is 0 Å². The molecule has 0 aliphatic carbocycles. The van der Waals surface area contributed by atoms with E-state index in [1.54, 1.807) is 0 Å². The van der Waals surface area contributed by atoms with Crippen molar-refractivity contribution in [2.24, 2.45) is 5.73 Å². The molecule has 0 radical (unpaired) electrons. The topological polar surface area (TPSA) is 29.3 Å². The van der Waals surface area contributed by atoms with Gasteiger partial charge in [-0.15, -0.1) is 0 Å². The zero-order valence-electron chi connectivity index (χ0n) is 12.6. The highest BCUT2D eigenvalue weighted by molar-refractivity contribution is 5.47. The van der Waals surface area contributed by atoms with Gasteiger partial charge in [0, 0.05) is 19.8 Å². The number of aryl methyl sites for hydroxylation is 1. The van der Waals surface area contributed by atoms with Crippen molar-refractivity contribution in [2.75, 3.05) is 19.0 Å². The van der Waals surface area contributed by atoms with E-state index in [1.165, 1.54) is 16.8 Å². The SMILES string of the molecule is CCCc1cccc(C(N)c2ccc(N(C)C)cc2)c1. The average Bonchev–Trinajstić information content (AvgIpc) is 2.47. The molecular formula is C18H24N2. The number of anilines is 1. The third-order valence-electron chi connectivity index (χ3n) is 3.62. The van der Waals surface area contributed by atoms with Gasteiger partial charge in [0.25, 0.3) is 0 Å². The Hall–Kier alpha value is -1.80. The van der Waals surface area contributed by atoms with Crippen LogP contribution < -0.4 is 10.6 Å². The first kappa shape index (κ1) is 14.6. The fourth-order valence-electron chi connectivity index (χ4n) is 2.40. The maximum atomic E-state index is 6.39. The van der Waals surface area contributed by atoms with E-state index in [4.69, 9.17) is 5.73 Å². The van der Waals surface area contributed by atoms with Gasteiger partial charge in [0.15, 0.2) is 0 Å². The van der Waals surface area contributed by atoms with E-state index >= 15 is 0 Å². The van der Waals surface area contributed by atoms with Gasteiger partial charge in [0.05, 0.1) is 6.04 Å². The number of rotatable bonds is 5. The van der Waals surface area contributed by atoms with Crippen LogP contribution in [0.2, 0.25) is 0 Å². The lowest BCUT2D eigenvalue weighted by Crippen LogP contribution is -2.13. The number of hydrogen-bond acceptors (Lipinski definition) is 2. The Bertz CT molecular complexity index is 544. The van der Waals surface area contributed by atoms with Gasteiger partial charge in [0.1, 0.15) is 0 Å². The summed E-state index contributed by atoms with van der Waals surface area (Å²) in [4.78, 5) is 2.09. The molecule has 2 rings (SSSR count). The molecule has 0 aliphatic rings. The number of nitrogens with zero attached hydrogens (tertiary/aromatic N) is 1. The van der Waals surface area contributed by atoms with Crippen LogP contribution in [-0.2, 0) is 6.42 Å². The Morgan fingerprint density at radius 2 is 1.70 bits per heavy atom. The van der Waals surface area contributed by atoms with Gasteiger partial charge >= 0.3 is 0 Å².